The minimum atomic E-state index is -0.580. The van der Waals surface area contributed by atoms with Crippen LogP contribution < -0.4 is 0 Å². The summed E-state index contributed by atoms with van der Waals surface area (Å²) in [4.78, 5) is 24.5. The Morgan fingerprint density at radius 3 is 1.72 bits per heavy atom. The van der Waals surface area contributed by atoms with Crippen molar-refractivity contribution in [1.82, 2.24) is 0 Å². The number of ether oxygens (including phenoxy) is 1. The highest BCUT2D eigenvalue weighted by Crippen LogP contribution is 2.39. The number of rotatable bonds is 1. The van der Waals surface area contributed by atoms with Gasteiger partial charge in [-0.2, -0.15) is 0 Å². The Morgan fingerprint density at radius 1 is 0.655 bits per heavy atom. The monoisotopic (exact) mass is 386 g/mol. The summed E-state index contributed by atoms with van der Waals surface area (Å²) < 4.78 is 4.90. The third-order valence-electron chi connectivity index (χ3n) is 5.64. The van der Waals surface area contributed by atoms with Crippen LogP contribution in [-0.2, 0) is 15.6 Å². The van der Waals surface area contributed by atoms with E-state index in [0.29, 0.717) is 16.5 Å². The van der Waals surface area contributed by atoms with Crippen LogP contribution in [0.1, 0.15) is 73.4 Å². The average Bonchev–Trinajstić information content (AvgIpc) is 2.64. The van der Waals surface area contributed by atoms with E-state index >= 15 is 0 Å². The van der Waals surface area contributed by atoms with Gasteiger partial charge in [-0.05, 0) is 50.6 Å². The first-order chi connectivity index (χ1) is 13.5. The van der Waals surface area contributed by atoms with Crippen LogP contribution >= 0.6 is 0 Å². The van der Waals surface area contributed by atoms with Gasteiger partial charge in [0.1, 0.15) is 0 Å². The topological polar surface area (TPSA) is 43.4 Å². The van der Waals surface area contributed by atoms with Crippen LogP contribution in [0, 0.1) is 0 Å². The van der Waals surface area contributed by atoms with Crippen molar-refractivity contribution in [3.05, 3.63) is 70.8 Å². The van der Waals surface area contributed by atoms with Crippen LogP contribution in [0.25, 0.3) is 21.9 Å². The fourth-order valence-electron chi connectivity index (χ4n) is 3.84. The Bertz CT molecular complexity index is 1120. The SMILES string of the molecule is CC(C)(C)c1cc(-c2ccc3c4c(cccc24)C(=O)OC3=O)cc(C(C)(C)C)c1. The molecule has 1 heterocycles. The molecule has 3 aromatic rings. The van der Waals surface area contributed by atoms with E-state index in [9.17, 15) is 9.59 Å². The number of carbonyl (C=O) groups is 2. The predicted octanol–water partition coefficient (Wildman–Crippen LogP) is 6.41. The van der Waals surface area contributed by atoms with Crippen LogP contribution in [0.3, 0.4) is 0 Å². The van der Waals surface area contributed by atoms with E-state index in [2.05, 4.69) is 59.7 Å². The van der Waals surface area contributed by atoms with Crippen LogP contribution in [0.2, 0.25) is 0 Å². The molecule has 0 bridgehead atoms. The maximum Gasteiger partial charge on any atom is 0.346 e. The van der Waals surface area contributed by atoms with Crippen LogP contribution in [0.15, 0.2) is 48.5 Å². The van der Waals surface area contributed by atoms with Gasteiger partial charge in [0.15, 0.2) is 0 Å². The fraction of sp³-hybridized carbons (Fsp3) is 0.308. The Morgan fingerprint density at radius 2 is 1.17 bits per heavy atom. The predicted molar refractivity (Wildman–Crippen MR) is 117 cm³/mol. The molecule has 0 N–H and O–H groups in total. The van der Waals surface area contributed by atoms with Gasteiger partial charge in [0.25, 0.3) is 0 Å². The van der Waals surface area contributed by atoms with Gasteiger partial charge in [0, 0.05) is 5.39 Å². The van der Waals surface area contributed by atoms with Crippen LogP contribution in [-0.4, -0.2) is 11.9 Å². The largest absolute Gasteiger partial charge is 0.386 e. The van der Waals surface area contributed by atoms with E-state index in [1.165, 1.54) is 11.1 Å². The van der Waals surface area contributed by atoms with E-state index in [1.807, 2.05) is 18.2 Å². The molecule has 0 aromatic heterocycles. The molecule has 1 aliphatic heterocycles. The molecule has 148 valence electrons. The van der Waals surface area contributed by atoms with Crippen LogP contribution in [0.4, 0.5) is 0 Å². The second-order valence-electron chi connectivity index (χ2n) is 9.86. The van der Waals surface area contributed by atoms with Gasteiger partial charge in [-0.15, -0.1) is 0 Å². The van der Waals surface area contributed by atoms with Gasteiger partial charge in [-0.25, -0.2) is 9.59 Å². The van der Waals surface area contributed by atoms with Crippen molar-refractivity contribution in [2.24, 2.45) is 0 Å². The lowest BCUT2D eigenvalue weighted by molar-refractivity contribution is 0.0391. The van der Waals surface area contributed by atoms with Gasteiger partial charge in [-0.1, -0.05) is 77.9 Å². The Balaban J connectivity index is 2.06. The highest BCUT2D eigenvalue weighted by Gasteiger charge is 2.28. The number of cyclic esters (lactones) is 2. The van der Waals surface area contributed by atoms with E-state index in [1.54, 1.807) is 12.1 Å². The van der Waals surface area contributed by atoms with Gasteiger partial charge < -0.3 is 4.74 Å². The molecule has 0 amide bonds. The van der Waals surface area contributed by atoms with Crippen molar-refractivity contribution < 1.29 is 14.3 Å². The molecule has 1 aliphatic rings. The Hall–Kier alpha value is -2.94. The van der Waals surface area contributed by atoms with Crippen molar-refractivity contribution in [2.45, 2.75) is 52.4 Å². The van der Waals surface area contributed by atoms with Crippen LogP contribution in [0.5, 0.6) is 0 Å². The number of hydrogen-bond donors (Lipinski definition) is 0. The number of benzene rings is 3. The fourth-order valence-corrected chi connectivity index (χ4v) is 3.84. The Kier molecular flexibility index (Phi) is 4.20. The molecule has 3 heteroatoms. The quantitative estimate of drug-likeness (QED) is 0.358. The zero-order chi connectivity index (χ0) is 21.1. The molecule has 3 nitrogen and oxygen atoms in total. The van der Waals surface area contributed by atoms with Gasteiger partial charge in [0.05, 0.1) is 11.1 Å². The second-order valence-corrected chi connectivity index (χ2v) is 9.86. The van der Waals surface area contributed by atoms with Crippen molar-refractivity contribution >= 4 is 22.7 Å². The molecule has 0 radical (unpaired) electrons. The third-order valence-corrected chi connectivity index (χ3v) is 5.64. The first-order valence-corrected chi connectivity index (χ1v) is 9.95. The standard InChI is InChI=1S/C26H26O3/c1-25(2,3)16-12-15(13-17(14-16)26(4,5)6)18-10-11-21-22-19(18)8-7-9-20(22)23(27)29-24(21)28/h7-14H,1-6H3. The van der Waals surface area contributed by atoms with E-state index in [-0.39, 0.29) is 10.8 Å². The summed E-state index contributed by atoms with van der Waals surface area (Å²) >= 11 is 0. The van der Waals surface area contributed by atoms with Crippen molar-refractivity contribution in [2.75, 3.05) is 0 Å². The molecule has 0 unspecified atom stereocenters. The molecule has 0 saturated heterocycles. The zero-order valence-electron chi connectivity index (χ0n) is 17.8. The van der Waals surface area contributed by atoms with E-state index < -0.39 is 11.9 Å². The van der Waals surface area contributed by atoms with Crippen molar-refractivity contribution in [1.29, 1.82) is 0 Å². The highest BCUT2D eigenvalue weighted by molar-refractivity contribution is 6.22. The molecule has 0 spiro atoms. The minimum absolute atomic E-state index is 0.00211. The molecular formula is C26H26O3. The molecule has 0 saturated carbocycles. The maximum atomic E-state index is 12.3. The summed E-state index contributed by atoms with van der Waals surface area (Å²) in [6.07, 6.45) is 0. The molecule has 0 fully saturated rings. The molecule has 0 aliphatic carbocycles. The molecular weight excluding hydrogens is 360 g/mol. The Labute approximate surface area is 171 Å². The first-order valence-electron chi connectivity index (χ1n) is 9.95. The second kappa shape index (κ2) is 6.28. The lowest BCUT2D eigenvalue weighted by Gasteiger charge is -2.27. The van der Waals surface area contributed by atoms with E-state index in [4.69, 9.17) is 4.74 Å². The highest BCUT2D eigenvalue weighted by atomic mass is 16.6. The molecule has 3 aromatic carbocycles. The summed E-state index contributed by atoms with van der Waals surface area (Å²) in [5.41, 5.74) is 5.53. The zero-order valence-corrected chi connectivity index (χ0v) is 17.8. The number of carbonyl (C=O) groups excluding carboxylic acids is 2. The van der Waals surface area contributed by atoms with Gasteiger partial charge in [-0.3, -0.25) is 0 Å². The molecule has 4 rings (SSSR count). The number of hydrogen-bond acceptors (Lipinski definition) is 3. The molecule has 0 atom stereocenters. The van der Waals surface area contributed by atoms with Crippen molar-refractivity contribution in [3.63, 3.8) is 0 Å². The minimum Gasteiger partial charge on any atom is -0.386 e. The smallest absolute Gasteiger partial charge is 0.346 e. The summed E-state index contributed by atoms with van der Waals surface area (Å²) in [7, 11) is 0. The van der Waals surface area contributed by atoms with Gasteiger partial charge in [0.2, 0.25) is 0 Å². The average molecular weight is 386 g/mol. The van der Waals surface area contributed by atoms with Gasteiger partial charge >= 0.3 is 11.9 Å². The summed E-state index contributed by atoms with van der Waals surface area (Å²) in [6.45, 7) is 13.3. The third kappa shape index (κ3) is 3.25. The molecule has 29 heavy (non-hydrogen) atoms. The lowest BCUT2D eigenvalue weighted by Crippen LogP contribution is -2.19. The van der Waals surface area contributed by atoms with E-state index in [0.717, 1.165) is 16.5 Å². The summed E-state index contributed by atoms with van der Waals surface area (Å²) in [6, 6.07) is 16.0. The summed E-state index contributed by atoms with van der Waals surface area (Å²) in [5, 5.41) is 1.58. The number of esters is 2. The lowest BCUT2D eigenvalue weighted by atomic mass is 9.78. The first kappa shape index (κ1) is 19.4. The summed E-state index contributed by atoms with van der Waals surface area (Å²) in [5.74, 6) is -1.16. The normalized spacial score (nSPS) is 14.3. The maximum absolute atomic E-state index is 12.3. The van der Waals surface area contributed by atoms with Crippen molar-refractivity contribution in [3.8, 4) is 11.1 Å².